The van der Waals surface area contributed by atoms with Crippen LogP contribution >= 0.6 is 0 Å². The third kappa shape index (κ3) is 2.84. The number of amides is 1. The van der Waals surface area contributed by atoms with Crippen molar-refractivity contribution in [2.45, 2.75) is 29.4 Å². The number of fused-ring (bicyclic) bond motifs is 3. The second kappa shape index (κ2) is 7.07. The Balaban J connectivity index is 1.90. The summed E-state index contributed by atoms with van der Waals surface area (Å²) in [5.41, 5.74) is 1.25. The molecule has 1 saturated heterocycles. The highest BCUT2D eigenvalue weighted by Crippen LogP contribution is 2.52. The summed E-state index contributed by atoms with van der Waals surface area (Å²) in [6.45, 7) is 0. The Morgan fingerprint density at radius 1 is 0.966 bits per heavy atom. The molecule has 1 fully saturated rings. The van der Waals surface area contributed by atoms with Crippen LogP contribution in [0.4, 0.5) is 10.5 Å². The largest absolute Gasteiger partial charge is 0.467 e. The van der Waals surface area contributed by atoms with Crippen molar-refractivity contribution in [2.75, 3.05) is 18.5 Å². The zero-order chi connectivity index (χ0) is 20.8. The number of hydrogen-bond acceptors (Lipinski definition) is 6. The van der Waals surface area contributed by atoms with Gasteiger partial charge in [-0.2, -0.15) is 0 Å². The predicted octanol–water partition coefficient (Wildman–Crippen LogP) is 2.32. The standard InChI is InChI=1S/C20H20N2O6S/c1-27-19(23)17-12-15-14-10-6-7-11-16(14)22(18(15)21(17)20(24)28-2)29(25,26)13-8-4-3-5-9-13/h3-11,15,17-18H,12H2,1-2H3/t15-,17?,18+/m1/s1. The Labute approximate surface area is 168 Å². The Bertz CT molecular complexity index is 1060. The van der Waals surface area contributed by atoms with Gasteiger partial charge in [-0.25, -0.2) is 22.3 Å². The lowest BCUT2D eigenvalue weighted by atomic mass is 9.96. The Morgan fingerprint density at radius 3 is 2.28 bits per heavy atom. The van der Waals surface area contributed by atoms with Gasteiger partial charge in [0, 0.05) is 5.92 Å². The van der Waals surface area contributed by atoms with E-state index in [-0.39, 0.29) is 17.2 Å². The van der Waals surface area contributed by atoms with E-state index in [4.69, 9.17) is 9.47 Å². The van der Waals surface area contributed by atoms with Crippen LogP contribution in [0.15, 0.2) is 59.5 Å². The lowest BCUT2D eigenvalue weighted by Crippen LogP contribution is -2.53. The van der Waals surface area contributed by atoms with Crippen molar-refractivity contribution in [3.63, 3.8) is 0 Å². The van der Waals surface area contributed by atoms with Gasteiger partial charge in [-0.3, -0.25) is 4.90 Å². The van der Waals surface area contributed by atoms with Crippen LogP contribution in [0.3, 0.4) is 0 Å². The molecule has 4 rings (SSSR count). The van der Waals surface area contributed by atoms with E-state index in [1.807, 2.05) is 12.1 Å². The molecule has 0 saturated carbocycles. The van der Waals surface area contributed by atoms with Crippen LogP contribution in [0.25, 0.3) is 0 Å². The van der Waals surface area contributed by atoms with Crippen molar-refractivity contribution in [1.29, 1.82) is 0 Å². The molecule has 0 aromatic heterocycles. The number of ether oxygens (including phenoxy) is 2. The molecule has 0 radical (unpaired) electrons. The molecule has 2 aromatic rings. The molecule has 1 amide bonds. The van der Waals surface area contributed by atoms with Crippen molar-refractivity contribution in [3.8, 4) is 0 Å². The van der Waals surface area contributed by atoms with Gasteiger partial charge in [-0.05, 0) is 30.2 Å². The zero-order valence-corrected chi connectivity index (χ0v) is 16.7. The minimum atomic E-state index is -4.01. The van der Waals surface area contributed by atoms with Crippen LogP contribution in [0, 0.1) is 0 Å². The van der Waals surface area contributed by atoms with Crippen molar-refractivity contribution in [2.24, 2.45) is 0 Å². The number of carbonyl (C=O) groups excluding carboxylic acids is 2. The number of carbonyl (C=O) groups is 2. The van der Waals surface area contributed by atoms with Crippen molar-refractivity contribution in [3.05, 3.63) is 60.2 Å². The monoisotopic (exact) mass is 416 g/mol. The topological polar surface area (TPSA) is 93.2 Å². The van der Waals surface area contributed by atoms with Gasteiger partial charge >= 0.3 is 12.1 Å². The average molecular weight is 416 g/mol. The predicted molar refractivity (Wildman–Crippen MR) is 104 cm³/mol. The quantitative estimate of drug-likeness (QED) is 0.713. The van der Waals surface area contributed by atoms with E-state index in [1.54, 1.807) is 30.3 Å². The van der Waals surface area contributed by atoms with Gasteiger partial charge in [-0.1, -0.05) is 36.4 Å². The van der Waals surface area contributed by atoms with E-state index in [0.29, 0.717) is 5.69 Å². The maximum atomic E-state index is 13.6. The van der Waals surface area contributed by atoms with Gasteiger partial charge in [0.25, 0.3) is 10.0 Å². The number of nitrogens with zero attached hydrogens (tertiary/aromatic N) is 2. The molecular formula is C20H20N2O6S. The minimum Gasteiger partial charge on any atom is -0.467 e. The molecule has 2 aliphatic rings. The van der Waals surface area contributed by atoms with Crippen LogP contribution in [-0.4, -0.2) is 51.8 Å². The summed E-state index contributed by atoms with van der Waals surface area (Å²) < 4.78 is 38.1. The Hall–Kier alpha value is -3.07. The Morgan fingerprint density at radius 2 is 1.62 bits per heavy atom. The van der Waals surface area contributed by atoms with Crippen LogP contribution in [0.2, 0.25) is 0 Å². The highest BCUT2D eigenvalue weighted by atomic mass is 32.2. The highest BCUT2D eigenvalue weighted by Gasteiger charge is 2.58. The van der Waals surface area contributed by atoms with Crippen molar-refractivity contribution < 1.29 is 27.5 Å². The number of benzene rings is 2. The van der Waals surface area contributed by atoms with Gasteiger partial charge in [0.05, 0.1) is 24.8 Å². The molecule has 0 bridgehead atoms. The first-order chi connectivity index (χ1) is 13.9. The fourth-order valence-electron chi connectivity index (χ4n) is 4.23. The highest BCUT2D eigenvalue weighted by molar-refractivity contribution is 7.92. The molecule has 8 nitrogen and oxygen atoms in total. The van der Waals surface area contributed by atoms with Crippen LogP contribution < -0.4 is 4.31 Å². The average Bonchev–Trinajstić information content (AvgIpc) is 3.28. The summed E-state index contributed by atoms with van der Waals surface area (Å²) in [6, 6.07) is 14.1. The number of rotatable bonds is 3. The maximum Gasteiger partial charge on any atom is 0.411 e. The number of methoxy groups -OCH3 is 2. The second-order valence-electron chi connectivity index (χ2n) is 6.84. The first-order valence-corrected chi connectivity index (χ1v) is 10.5. The molecule has 9 heteroatoms. The lowest BCUT2D eigenvalue weighted by Gasteiger charge is -2.34. The van der Waals surface area contributed by atoms with E-state index < -0.39 is 34.3 Å². The van der Waals surface area contributed by atoms with Gasteiger partial charge < -0.3 is 9.47 Å². The number of hydrogen-bond donors (Lipinski definition) is 0. The second-order valence-corrected chi connectivity index (χ2v) is 8.66. The van der Waals surface area contributed by atoms with E-state index in [2.05, 4.69) is 0 Å². The zero-order valence-electron chi connectivity index (χ0n) is 15.9. The summed E-state index contributed by atoms with van der Waals surface area (Å²) >= 11 is 0. The first kappa shape index (κ1) is 19.3. The summed E-state index contributed by atoms with van der Waals surface area (Å²) in [7, 11) is -1.57. The molecule has 0 aliphatic carbocycles. The van der Waals surface area contributed by atoms with Gasteiger partial charge in [-0.15, -0.1) is 0 Å². The van der Waals surface area contributed by atoms with E-state index in [0.717, 1.165) is 5.56 Å². The first-order valence-electron chi connectivity index (χ1n) is 9.04. The molecule has 29 heavy (non-hydrogen) atoms. The molecule has 2 aliphatic heterocycles. The molecule has 0 spiro atoms. The molecule has 1 unspecified atom stereocenters. The summed E-state index contributed by atoms with van der Waals surface area (Å²) in [4.78, 5) is 26.3. The Kier molecular flexibility index (Phi) is 4.70. The minimum absolute atomic E-state index is 0.0989. The van der Waals surface area contributed by atoms with Crippen LogP contribution in [-0.2, 0) is 24.3 Å². The number of sulfonamides is 1. The van der Waals surface area contributed by atoms with Gasteiger partial charge in [0.15, 0.2) is 0 Å². The number of para-hydroxylation sites is 1. The molecule has 2 heterocycles. The van der Waals surface area contributed by atoms with Gasteiger partial charge in [0.1, 0.15) is 12.2 Å². The number of esters is 1. The fourth-order valence-corrected chi connectivity index (χ4v) is 5.91. The summed E-state index contributed by atoms with van der Waals surface area (Å²) in [5.74, 6) is -0.993. The SMILES string of the molecule is COC(=O)C1C[C@@H]2c3ccccc3N(S(=O)(=O)c3ccccc3)[C@@H]2N1C(=O)OC. The third-order valence-corrected chi connectivity index (χ3v) is 7.23. The van der Waals surface area contributed by atoms with Crippen molar-refractivity contribution >= 4 is 27.8 Å². The normalized spacial score (nSPS) is 22.8. The van der Waals surface area contributed by atoms with Gasteiger partial charge in [0.2, 0.25) is 0 Å². The van der Waals surface area contributed by atoms with E-state index in [9.17, 15) is 18.0 Å². The third-order valence-electron chi connectivity index (χ3n) is 5.43. The number of likely N-dealkylation sites (tertiary alicyclic amines) is 1. The smallest absolute Gasteiger partial charge is 0.411 e. The molecule has 3 atom stereocenters. The number of anilines is 1. The molecule has 152 valence electrons. The summed E-state index contributed by atoms with van der Waals surface area (Å²) in [6.07, 6.45) is -1.47. The van der Waals surface area contributed by atoms with E-state index >= 15 is 0 Å². The van der Waals surface area contributed by atoms with E-state index in [1.165, 1.54) is 35.6 Å². The fraction of sp³-hybridized carbons (Fsp3) is 0.300. The molecule has 0 N–H and O–H groups in total. The summed E-state index contributed by atoms with van der Waals surface area (Å²) in [5, 5.41) is 0. The molecular weight excluding hydrogens is 396 g/mol. The maximum absolute atomic E-state index is 13.6. The van der Waals surface area contributed by atoms with Crippen LogP contribution in [0.5, 0.6) is 0 Å². The van der Waals surface area contributed by atoms with Crippen molar-refractivity contribution in [1.82, 2.24) is 4.90 Å². The lowest BCUT2D eigenvalue weighted by molar-refractivity contribution is -0.145. The molecule has 2 aromatic carbocycles. The van der Waals surface area contributed by atoms with Crippen LogP contribution in [0.1, 0.15) is 17.9 Å².